The van der Waals surface area contributed by atoms with Gasteiger partial charge in [-0.05, 0) is 12.5 Å². The van der Waals surface area contributed by atoms with Crippen molar-refractivity contribution in [2.75, 3.05) is 0 Å². The van der Waals surface area contributed by atoms with E-state index < -0.39 is 36.7 Å². The third-order valence-corrected chi connectivity index (χ3v) is 3.25. The maximum Gasteiger partial charge on any atom is 0.312 e. The van der Waals surface area contributed by atoms with Crippen molar-refractivity contribution in [1.82, 2.24) is 0 Å². The van der Waals surface area contributed by atoms with Crippen LogP contribution in [0.4, 0.5) is 0 Å². The van der Waals surface area contributed by atoms with Gasteiger partial charge in [0.05, 0.1) is 12.5 Å². The van der Waals surface area contributed by atoms with Crippen LogP contribution >= 0.6 is 0 Å². The lowest BCUT2D eigenvalue weighted by Crippen LogP contribution is -2.57. The van der Waals surface area contributed by atoms with Crippen LogP contribution in [0.15, 0.2) is 30.3 Å². The molecule has 0 bridgehead atoms. The average Bonchev–Trinajstić information content (AvgIpc) is 2.43. The fourth-order valence-corrected chi connectivity index (χ4v) is 2.04. The molecule has 20 heavy (non-hydrogen) atoms. The van der Waals surface area contributed by atoms with Gasteiger partial charge in [0.1, 0.15) is 18.3 Å². The van der Waals surface area contributed by atoms with Crippen LogP contribution < -0.4 is 0 Å². The van der Waals surface area contributed by atoms with Gasteiger partial charge in [0.2, 0.25) is 6.29 Å². The van der Waals surface area contributed by atoms with E-state index in [2.05, 4.69) is 0 Å². The lowest BCUT2D eigenvalue weighted by molar-refractivity contribution is -0.284. The maximum absolute atomic E-state index is 11.8. The largest absolute Gasteiger partial charge is 0.432 e. The average molecular weight is 282 g/mol. The molecule has 1 aliphatic rings. The molecule has 6 heteroatoms. The minimum atomic E-state index is -1.47. The molecule has 1 aromatic carbocycles. The van der Waals surface area contributed by atoms with Crippen LogP contribution in [0, 0.1) is 0 Å². The van der Waals surface area contributed by atoms with Gasteiger partial charge in [0.25, 0.3) is 0 Å². The highest BCUT2D eigenvalue weighted by molar-refractivity contribution is 5.72. The van der Waals surface area contributed by atoms with Crippen molar-refractivity contribution in [3.8, 4) is 0 Å². The van der Waals surface area contributed by atoms with Crippen molar-refractivity contribution in [1.29, 1.82) is 0 Å². The first-order valence-corrected chi connectivity index (χ1v) is 6.42. The van der Waals surface area contributed by atoms with Gasteiger partial charge in [-0.15, -0.1) is 0 Å². The third kappa shape index (κ3) is 3.34. The summed E-state index contributed by atoms with van der Waals surface area (Å²) in [5.41, 5.74) is 0.774. The predicted molar refractivity (Wildman–Crippen MR) is 68.6 cm³/mol. The summed E-state index contributed by atoms with van der Waals surface area (Å²) in [5, 5.41) is 28.9. The number of aliphatic hydroxyl groups excluding tert-OH is 3. The summed E-state index contributed by atoms with van der Waals surface area (Å²) in [4.78, 5) is 11.8. The van der Waals surface area contributed by atoms with Crippen molar-refractivity contribution >= 4 is 5.97 Å². The molecule has 110 valence electrons. The van der Waals surface area contributed by atoms with Crippen LogP contribution in [-0.2, 0) is 20.7 Å². The minimum absolute atomic E-state index is 0.0421. The van der Waals surface area contributed by atoms with E-state index in [1.807, 2.05) is 6.07 Å². The molecule has 2 rings (SSSR count). The molecule has 1 aromatic rings. The minimum Gasteiger partial charge on any atom is -0.432 e. The van der Waals surface area contributed by atoms with E-state index in [0.29, 0.717) is 0 Å². The fraction of sp³-hybridized carbons (Fsp3) is 0.500. The molecule has 1 aliphatic heterocycles. The van der Waals surface area contributed by atoms with Crippen molar-refractivity contribution in [3.63, 3.8) is 0 Å². The van der Waals surface area contributed by atoms with Crippen LogP contribution in [0.2, 0.25) is 0 Å². The first-order valence-electron chi connectivity index (χ1n) is 6.42. The van der Waals surface area contributed by atoms with E-state index in [9.17, 15) is 20.1 Å². The smallest absolute Gasteiger partial charge is 0.312 e. The van der Waals surface area contributed by atoms with E-state index >= 15 is 0 Å². The van der Waals surface area contributed by atoms with E-state index in [1.165, 1.54) is 6.92 Å². The summed E-state index contributed by atoms with van der Waals surface area (Å²) in [5.74, 6) is -0.573. The van der Waals surface area contributed by atoms with Gasteiger partial charge in [0.15, 0.2) is 0 Å². The second-order valence-electron chi connectivity index (χ2n) is 4.83. The lowest BCUT2D eigenvalue weighted by atomic mass is 10.00. The summed E-state index contributed by atoms with van der Waals surface area (Å²) in [6.45, 7) is 1.53. The number of hydrogen-bond acceptors (Lipinski definition) is 6. The predicted octanol–water partition coefficient (Wildman–Crippen LogP) is -0.400. The summed E-state index contributed by atoms with van der Waals surface area (Å²) in [6.07, 6.45) is -6.06. The molecular formula is C14H18O6. The molecule has 0 saturated carbocycles. The van der Waals surface area contributed by atoms with Crippen LogP contribution in [0.25, 0.3) is 0 Å². The quantitative estimate of drug-likeness (QED) is 0.653. The number of esters is 1. The molecule has 5 unspecified atom stereocenters. The highest BCUT2D eigenvalue weighted by atomic mass is 16.7. The third-order valence-electron chi connectivity index (χ3n) is 3.25. The SMILES string of the molecule is CC1OC(OC(=O)Cc2ccccc2)C(O)C(O)C1O. The first kappa shape index (κ1) is 14.9. The Morgan fingerprint density at radius 1 is 1.15 bits per heavy atom. The summed E-state index contributed by atoms with van der Waals surface area (Å²) >= 11 is 0. The number of hydrogen-bond donors (Lipinski definition) is 3. The van der Waals surface area contributed by atoms with Gasteiger partial charge in [0, 0.05) is 0 Å². The van der Waals surface area contributed by atoms with E-state index in [-0.39, 0.29) is 6.42 Å². The Balaban J connectivity index is 1.94. The molecule has 0 radical (unpaired) electrons. The summed E-state index contributed by atoms with van der Waals surface area (Å²) in [7, 11) is 0. The van der Waals surface area contributed by atoms with Gasteiger partial charge in [-0.25, -0.2) is 0 Å². The number of carbonyl (C=O) groups is 1. The molecule has 1 saturated heterocycles. The zero-order valence-corrected chi connectivity index (χ0v) is 11.0. The Hall–Kier alpha value is -1.47. The van der Waals surface area contributed by atoms with Crippen molar-refractivity contribution < 1.29 is 29.6 Å². The van der Waals surface area contributed by atoms with Crippen LogP contribution in [0.1, 0.15) is 12.5 Å². The molecule has 0 spiro atoms. The van der Waals surface area contributed by atoms with E-state index in [1.54, 1.807) is 24.3 Å². The Morgan fingerprint density at radius 3 is 2.45 bits per heavy atom. The molecule has 0 aliphatic carbocycles. The number of benzene rings is 1. The molecular weight excluding hydrogens is 264 g/mol. The zero-order chi connectivity index (χ0) is 14.7. The van der Waals surface area contributed by atoms with Gasteiger partial charge < -0.3 is 24.8 Å². The normalized spacial score (nSPS) is 33.7. The van der Waals surface area contributed by atoms with Crippen molar-refractivity contribution in [2.45, 2.75) is 44.1 Å². The van der Waals surface area contributed by atoms with Gasteiger partial charge in [-0.2, -0.15) is 0 Å². The number of aliphatic hydroxyl groups is 3. The molecule has 0 amide bonds. The standard InChI is InChI=1S/C14H18O6/c1-8-11(16)12(17)13(18)14(19-8)20-10(15)7-9-5-3-2-4-6-9/h2-6,8,11-14,16-18H,7H2,1H3. The Morgan fingerprint density at radius 2 is 1.80 bits per heavy atom. The van der Waals surface area contributed by atoms with E-state index in [0.717, 1.165) is 5.56 Å². The number of carbonyl (C=O) groups excluding carboxylic acids is 1. The molecule has 6 nitrogen and oxygen atoms in total. The number of ether oxygens (including phenoxy) is 2. The summed E-state index contributed by atoms with van der Waals surface area (Å²) < 4.78 is 10.2. The zero-order valence-electron chi connectivity index (χ0n) is 11.0. The maximum atomic E-state index is 11.8. The molecule has 1 fully saturated rings. The Bertz CT molecular complexity index is 448. The summed E-state index contributed by atoms with van der Waals surface area (Å²) in [6, 6.07) is 9.00. The Labute approximate surface area is 116 Å². The van der Waals surface area contributed by atoms with Crippen LogP contribution in [0.3, 0.4) is 0 Å². The van der Waals surface area contributed by atoms with Gasteiger partial charge >= 0.3 is 5.97 Å². The Kier molecular flexibility index (Phi) is 4.72. The second-order valence-corrected chi connectivity index (χ2v) is 4.83. The highest BCUT2D eigenvalue weighted by Crippen LogP contribution is 2.22. The van der Waals surface area contributed by atoms with Crippen LogP contribution in [-0.4, -0.2) is 52.0 Å². The topological polar surface area (TPSA) is 96.2 Å². The van der Waals surface area contributed by atoms with Crippen molar-refractivity contribution in [2.24, 2.45) is 0 Å². The van der Waals surface area contributed by atoms with Gasteiger partial charge in [-0.3, -0.25) is 4.79 Å². The van der Waals surface area contributed by atoms with E-state index in [4.69, 9.17) is 9.47 Å². The molecule has 3 N–H and O–H groups in total. The number of rotatable bonds is 3. The molecule has 5 atom stereocenters. The highest BCUT2D eigenvalue weighted by Gasteiger charge is 2.43. The van der Waals surface area contributed by atoms with Crippen LogP contribution in [0.5, 0.6) is 0 Å². The molecule has 0 aromatic heterocycles. The lowest BCUT2D eigenvalue weighted by Gasteiger charge is -2.38. The second kappa shape index (κ2) is 6.32. The fourth-order valence-electron chi connectivity index (χ4n) is 2.04. The monoisotopic (exact) mass is 282 g/mol. The van der Waals surface area contributed by atoms with Crippen molar-refractivity contribution in [3.05, 3.63) is 35.9 Å². The molecule has 1 heterocycles. The first-order chi connectivity index (χ1) is 9.49. The van der Waals surface area contributed by atoms with Gasteiger partial charge in [-0.1, -0.05) is 30.3 Å².